The molecule has 0 spiro atoms. The molecule has 0 aromatic heterocycles. The highest BCUT2D eigenvalue weighted by molar-refractivity contribution is 5.31. The summed E-state index contributed by atoms with van der Waals surface area (Å²) in [6, 6.07) is 7.39. The van der Waals surface area contributed by atoms with Crippen LogP contribution in [0.1, 0.15) is 62.0 Å². The van der Waals surface area contributed by atoms with Crippen molar-refractivity contribution in [3.8, 4) is 0 Å². The number of halogens is 2. The van der Waals surface area contributed by atoms with E-state index in [9.17, 15) is 8.78 Å². The summed E-state index contributed by atoms with van der Waals surface area (Å²) >= 11 is 0. The summed E-state index contributed by atoms with van der Waals surface area (Å²) in [6.07, 6.45) is 3.72. The van der Waals surface area contributed by atoms with Gasteiger partial charge in [-0.15, -0.1) is 0 Å². The number of hydrogen-bond donors (Lipinski definition) is 2. The average Bonchev–Trinajstić information content (AvgIpc) is 2.61. The van der Waals surface area contributed by atoms with Crippen molar-refractivity contribution in [2.24, 2.45) is 5.73 Å². The maximum Gasteiger partial charge on any atom is 0.264 e. The number of nitrogens with two attached hydrogens (primary N) is 1. The number of alkyl halides is 2. The zero-order valence-corrected chi connectivity index (χ0v) is 14.1. The molecule has 0 amide bonds. The lowest BCUT2D eigenvalue weighted by Gasteiger charge is -2.34. The molecular weight excluding hydrogens is 310 g/mol. The lowest BCUT2D eigenvalue weighted by atomic mass is 9.81. The Labute approximate surface area is 142 Å². The molecule has 1 aliphatic heterocycles. The topological polar surface area (TPSA) is 47.3 Å². The maximum absolute atomic E-state index is 13.2. The molecule has 1 aromatic rings. The molecule has 134 valence electrons. The van der Waals surface area contributed by atoms with E-state index in [1.165, 1.54) is 0 Å². The first-order chi connectivity index (χ1) is 11.6. The molecule has 2 aliphatic rings. The van der Waals surface area contributed by atoms with Gasteiger partial charge in [0.05, 0.1) is 12.7 Å². The Hall–Kier alpha value is -1.04. The zero-order chi connectivity index (χ0) is 16.9. The first-order valence-corrected chi connectivity index (χ1v) is 9.12. The van der Waals surface area contributed by atoms with Crippen LogP contribution in [0.3, 0.4) is 0 Å². The molecule has 1 heterocycles. The van der Waals surface area contributed by atoms with Crippen LogP contribution in [0.4, 0.5) is 8.78 Å². The van der Waals surface area contributed by atoms with Crippen molar-refractivity contribution in [2.45, 2.75) is 69.1 Å². The third kappa shape index (κ3) is 4.32. The predicted molar refractivity (Wildman–Crippen MR) is 91.3 cm³/mol. The summed E-state index contributed by atoms with van der Waals surface area (Å²) in [5.74, 6) is 0.227. The van der Waals surface area contributed by atoms with Crippen molar-refractivity contribution in [1.82, 2.24) is 5.32 Å². The molecule has 5 heteroatoms. The Morgan fingerprint density at radius 1 is 1.12 bits per heavy atom. The van der Waals surface area contributed by atoms with Gasteiger partial charge in [-0.2, -0.15) is 0 Å². The Balaban J connectivity index is 1.49. The molecule has 2 atom stereocenters. The normalized spacial score (nSPS) is 31.3. The minimum absolute atomic E-state index is 0.174. The second kappa shape index (κ2) is 8.37. The Kier molecular flexibility index (Phi) is 6.19. The third-order valence-corrected chi connectivity index (χ3v) is 5.49. The van der Waals surface area contributed by atoms with Gasteiger partial charge in [0.1, 0.15) is 0 Å². The molecule has 1 aliphatic carbocycles. The van der Waals surface area contributed by atoms with Gasteiger partial charge in [-0.3, -0.25) is 0 Å². The van der Waals surface area contributed by atoms with E-state index in [0.717, 1.165) is 50.6 Å². The Morgan fingerprint density at radius 3 is 2.58 bits per heavy atom. The van der Waals surface area contributed by atoms with Gasteiger partial charge in [0, 0.05) is 17.6 Å². The number of hydrogen-bond acceptors (Lipinski definition) is 3. The van der Waals surface area contributed by atoms with Crippen molar-refractivity contribution >= 4 is 0 Å². The van der Waals surface area contributed by atoms with Crippen LogP contribution in [0.2, 0.25) is 0 Å². The molecule has 0 radical (unpaired) electrons. The monoisotopic (exact) mass is 338 g/mol. The fraction of sp³-hybridized carbons (Fsp3) is 0.684. The second-order valence-electron chi connectivity index (χ2n) is 7.10. The van der Waals surface area contributed by atoms with Gasteiger partial charge in [0.15, 0.2) is 0 Å². The van der Waals surface area contributed by atoms with E-state index >= 15 is 0 Å². The van der Waals surface area contributed by atoms with Crippen LogP contribution >= 0.6 is 0 Å². The summed E-state index contributed by atoms with van der Waals surface area (Å²) in [5.41, 5.74) is 7.14. The van der Waals surface area contributed by atoms with E-state index in [4.69, 9.17) is 10.5 Å². The van der Waals surface area contributed by atoms with Gasteiger partial charge in [0.25, 0.3) is 6.43 Å². The highest BCUT2D eigenvalue weighted by atomic mass is 19.3. The Morgan fingerprint density at radius 2 is 1.88 bits per heavy atom. The molecule has 2 fully saturated rings. The van der Waals surface area contributed by atoms with Gasteiger partial charge in [-0.05, 0) is 56.6 Å². The number of benzene rings is 1. The van der Waals surface area contributed by atoms with Crippen LogP contribution in [-0.4, -0.2) is 31.3 Å². The molecule has 1 saturated carbocycles. The van der Waals surface area contributed by atoms with Gasteiger partial charge in [0.2, 0.25) is 0 Å². The van der Waals surface area contributed by atoms with Crippen LogP contribution in [0.25, 0.3) is 0 Å². The zero-order valence-electron chi connectivity index (χ0n) is 14.1. The fourth-order valence-electron chi connectivity index (χ4n) is 4.02. The lowest BCUT2D eigenvalue weighted by molar-refractivity contribution is 0.00601. The number of rotatable bonds is 5. The molecule has 3 N–H and O–H groups in total. The first kappa shape index (κ1) is 17.8. The van der Waals surface area contributed by atoms with E-state index in [0.29, 0.717) is 6.61 Å². The summed E-state index contributed by atoms with van der Waals surface area (Å²) in [7, 11) is 0. The first-order valence-electron chi connectivity index (χ1n) is 9.12. The molecule has 24 heavy (non-hydrogen) atoms. The summed E-state index contributed by atoms with van der Waals surface area (Å²) in [6.45, 7) is 1.67. The lowest BCUT2D eigenvalue weighted by Crippen LogP contribution is -2.52. The molecule has 3 rings (SSSR count). The van der Waals surface area contributed by atoms with Crippen molar-refractivity contribution in [3.63, 3.8) is 0 Å². The standard InChI is InChI=1S/C19H28F2N2O/c20-19(21)16-5-2-1-4-15(16)13-7-9-14(10-8-13)24-12-18-17(22)6-3-11-23-18/h1-2,4-5,13-14,17-19,23H,3,6-12,22H2/t13?,14?,17?,18-/m0/s1. The molecule has 0 bridgehead atoms. The van der Waals surface area contributed by atoms with Crippen LogP contribution in [0.15, 0.2) is 24.3 Å². The van der Waals surface area contributed by atoms with Crippen LogP contribution < -0.4 is 11.1 Å². The van der Waals surface area contributed by atoms with Gasteiger partial charge < -0.3 is 15.8 Å². The smallest absolute Gasteiger partial charge is 0.264 e. The highest BCUT2D eigenvalue weighted by Crippen LogP contribution is 2.38. The minimum atomic E-state index is -2.39. The van der Waals surface area contributed by atoms with Crippen molar-refractivity contribution in [1.29, 1.82) is 0 Å². The number of ether oxygens (including phenoxy) is 1. The van der Waals surface area contributed by atoms with Crippen molar-refractivity contribution in [2.75, 3.05) is 13.2 Å². The van der Waals surface area contributed by atoms with E-state index in [1.54, 1.807) is 12.1 Å². The van der Waals surface area contributed by atoms with E-state index in [-0.39, 0.29) is 29.7 Å². The summed E-state index contributed by atoms with van der Waals surface area (Å²) < 4.78 is 32.4. The van der Waals surface area contributed by atoms with Crippen LogP contribution in [0, 0.1) is 0 Å². The van der Waals surface area contributed by atoms with E-state index in [1.807, 2.05) is 12.1 Å². The second-order valence-corrected chi connectivity index (χ2v) is 7.10. The molecule has 1 saturated heterocycles. The van der Waals surface area contributed by atoms with Crippen molar-refractivity contribution < 1.29 is 13.5 Å². The van der Waals surface area contributed by atoms with Crippen LogP contribution in [-0.2, 0) is 4.74 Å². The molecular formula is C19H28F2N2O. The van der Waals surface area contributed by atoms with E-state index in [2.05, 4.69) is 5.32 Å². The largest absolute Gasteiger partial charge is 0.377 e. The van der Waals surface area contributed by atoms with Crippen molar-refractivity contribution in [3.05, 3.63) is 35.4 Å². The fourth-order valence-corrected chi connectivity index (χ4v) is 4.02. The summed E-state index contributed by atoms with van der Waals surface area (Å²) in [5, 5.41) is 3.43. The molecule has 1 unspecified atom stereocenters. The maximum atomic E-state index is 13.2. The highest BCUT2D eigenvalue weighted by Gasteiger charge is 2.28. The van der Waals surface area contributed by atoms with Gasteiger partial charge in [-0.25, -0.2) is 8.78 Å². The number of piperidine rings is 1. The SMILES string of the molecule is NC1CCCN[C@H]1COC1CCC(c2ccccc2C(F)F)CC1. The van der Waals surface area contributed by atoms with Crippen LogP contribution in [0.5, 0.6) is 0 Å². The minimum Gasteiger partial charge on any atom is -0.377 e. The van der Waals surface area contributed by atoms with Gasteiger partial charge >= 0.3 is 0 Å². The molecule has 1 aromatic carbocycles. The van der Waals surface area contributed by atoms with Gasteiger partial charge in [-0.1, -0.05) is 24.3 Å². The predicted octanol–water partition coefficient (Wildman–Crippen LogP) is 3.75. The molecule has 3 nitrogen and oxygen atoms in total. The summed E-state index contributed by atoms with van der Waals surface area (Å²) in [4.78, 5) is 0. The number of nitrogens with one attached hydrogen (secondary N) is 1. The third-order valence-electron chi connectivity index (χ3n) is 5.49. The Bertz CT molecular complexity index is 518. The van der Waals surface area contributed by atoms with E-state index < -0.39 is 6.43 Å². The average molecular weight is 338 g/mol. The quantitative estimate of drug-likeness (QED) is 0.860.